The molecule has 3 atom stereocenters. The first-order valence-corrected chi connectivity index (χ1v) is 7.45. The van der Waals surface area contributed by atoms with Gasteiger partial charge in [-0.2, -0.15) is 0 Å². The Kier molecular flexibility index (Phi) is 3.76. The summed E-state index contributed by atoms with van der Waals surface area (Å²) in [5, 5.41) is 9.69. The van der Waals surface area contributed by atoms with E-state index < -0.39 is 0 Å². The van der Waals surface area contributed by atoms with Crippen LogP contribution < -0.4 is 4.90 Å². The van der Waals surface area contributed by atoms with Crippen molar-refractivity contribution in [2.24, 2.45) is 5.92 Å². The number of para-hydroxylation sites is 1. The van der Waals surface area contributed by atoms with Gasteiger partial charge < -0.3 is 10.0 Å². The smallest absolute Gasteiger partial charge is 0.244 e. The Morgan fingerprint density at radius 1 is 1.20 bits per heavy atom. The third-order valence-corrected chi connectivity index (χ3v) is 4.62. The number of carbonyl (C=O) groups excluding carboxylic acids is 1. The molecule has 0 spiro atoms. The van der Waals surface area contributed by atoms with E-state index in [1.165, 1.54) is 0 Å². The van der Waals surface area contributed by atoms with Gasteiger partial charge in [-0.05, 0) is 44.4 Å². The van der Waals surface area contributed by atoms with Crippen LogP contribution in [0.25, 0.3) is 0 Å². The third kappa shape index (κ3) is 2.45. The van der Waals surface area contributed by atoms with Gasteiger partial charge in [-0.1, -0.05) is 18.2 Å². The molecule has 2 saturated heterocycles. The summed E-state index contributed by atoms with van der Waals surface area (Å²) in [6.45, 7) is 4.41. The molecule has 4 nitrogen and oxygen atoms in total. The van der Waals surface area contributed by atoms with E-state index in [0.717, 1.165) is 38.2 Å². The van der Waals surface area contributed by atoms with Gasteiger partial charge in [-0.15, -0.1) is 0 Å². The van der Waals surface area contributed by atoms with E-state index in [1.54, 1.807) is 0 Å². The van der Waals surface area contributed by atoms with Crippen LogP contribution in [0.3, 0.4) is 0 Å². The lowest BCUT2D eigenvalue weighted by molar-refractivity contribution is -0.121. The van der Waals surface area contributed by atoms with E-state index in [-0.39, 0.29) is 18.1 Å². The quantitative estimate of drug-likeness (QED) is 0.908. The largest absolute Gasteiger partial charge is 0.393 e. The van der Waals surface area contributed by atoms with Crippen molar-refractivity contribution in [2.75, 3.05) is 24.5 Å². The number of nitrogens with zero attached hydrogens (tertiary/aromatic N) is 2. The average Bonchev–Trinajstić information content (AvgIpc) is 3.06. The minimum absolute atomic E-state index is 0.000967. The summed E-state index contributed by atoms with van der Waals surface area (Å²) in [4.78, 5) is 16.7. The minimum Gasteiger partial charge on any atom is -0.393 e. The van der Waals surface area contributed by atoms with E-state index in [1.807, 2.05) is 42.2 Å². The topological polar surface area (TPSA) is 43.8 Å². The molecule has 1 aromatic rings. The van der Waals surface area contributed by atoms with Gasteiger partial charge in [-0.25, -0.2) is 0 Å². The van der Waals surface area contributed by atoms with E-state index in [9.17, 15) is 9.90 Å². The molecule has 2 heterocycles. The molecule has 2 aliphatic rings. The summed E-state index contributed by atoms with van der Waals surface area (Å²) in [6, 6.07) is 9.88. The van der Waals surface area contributed by atoms with E-state index >= 15 is 0 Å². The second kappa shape index (κ2) is 5.54. The zero-order chi connectivity index (χ0) is 14.1. The van der Waals surface area contributed by atoms with Gasteiger partial charge in [-0.3, -0.25) is 9.69 Å². The summed E-state index contributed by atoms with van der Waals surface area (Å²) < 4.78 is 0. The Labute approximate surface area is 120 Å². The van der Waals surface area contributed by atoms with Gasteiger partial charge >= 0.3 is 0 Å². The van der Waals surface area contributed by atoms with Crippen LogP contribution in [0.4, 0.5) is 5.69 Å². The maximum absolute atomic E-state index is 12.6. The first-order chi connectivity index (χ1) is 9.66. The Hall–Kier alpha value is -1.39. The molecule has 3 unspecified atom stereocenters. The van der Waals surface area contributed by atoms with Crippen molar-refractivity contribution in [2.45, 2.75) is 31.9 Å². The zero-order valence-electron chi connectivity index (χ0n) is 11.9. The number of hydrogen-bond acceptors (Lipinski definition) is 3. The first-order valence-electron chi connectivity index (χ1n) is 7.45. The second-order valence-corrected chi connectivity index (χ2v) is 5.91. The SMILES string of the molecule is CC(O)C1CCN(C2CCN(c3ccccc3)C2=O)C1. The van der Waals surface area contributed by atoms with Gasteiger partial charge in [0.1, 0.15) is 0 Å². The highest BCUT2D eigenvalue weighted by atomic mass is 16.3. The lowest BCUT2D eigenvalue weighted by Gasteiger charge is -2.24. The van der Waals surface area contributed by atoms with Crippen molar-refractivity contribution >= 4 is 11.6 Å². The van der Waals surface area contributed by atoms with Gasteiger partial charge in [0.25, 0.3) is 0 Å². The highest BCUT2D eigenvalue weighted by molar-refractivity contribution is 5.99. The number of likely N-dealkylation sites (tertiary alicyclic amines) is 1. The normalized spacial score (nSPS) is 29.1. The number of carbonyl (C=O) groups is 1. The standard InChI is InChI=1S/C16H22N2O2/c1-12(19)13-7-9-17(11-13)15-8-10-18(16(15)20)14-5-3-2-4-6-14/h2-6,12-13,15,19H,7-11H2,1H3. The molecule has 0 bridgehead atoms. The molecule has 3 rings (SSSR count). The van der Waals surface area contributed by atoms with E-state index in [0.29, 0.717) is 5.92 Å². The van der Waals surface area contributed by atoms with Crippen LogP contribution in [0.5, 0.6) is 0 Å². The van der Waals surface area contributed by atoms with Crippen molar-refractivity contribution in [1.82, 2.24) is 4.90 Å². The number of rotatable bonds is 3. The molecule has 1 N–H and O–H groups in total. The summed E-state index contributed by atoms with van der Waals surface area (Å²) in [7, 11) is 0. The molecular weight excluding hydrogens is 252 g/mol. The Bertz CT molecular complexity index is 475. The summed E-state index contributed by atoms with van der Waals surface area (Å²) in [5.41, 5.74) is 0.992. The van der Waals surface area contributed by atoms with E-state index in [2.05, 4.69) is 4.90 Å². The van der Waals surface area contributed by atoms with Crippen LogP contribution in [-0.2, 0) is 4.79 Å². The molecule has 1 aromatic carbocycles. The maximum atomic E-state index is 12.6. The monoisotopic (exact) mass is 274 g/mol. The second-order valence-electron chi connectivity index (χ2n) is 5.91. The van der Waals surface area contributed by atoms with Crippen LogP contribution in [0.15, 0.2) is 30.3 Å². The first kappa shape index (κ1) is 13.6. The Morgan fingerprint density at radius 2 is 1.95 bits per heavy atom. The predicted octanol–water partition coefficient (Wildman–Crippen LogP) is 1.49. The molecule has 0 aliphatic carbocycles. The summed E-state index contributed by atoms with van der Waals surface area (Å²) in [5.74, 6) is 0.524. The highest BCUT2D eigenvalue weighted by Gasteiger charge is 2.40. The summed E-state index contributed by atoms with van der Waals surface area (Å²) in [6.07, 6.45) is 1.61. The van der Waals surface area contributed by atoms with Crippen LogP contribution in [0.1, 0.15) is 19.8 Å². The fraction of sp³-hybridized carbons (Fsp3) is 0.562. The molecule has 0 saturated carbocycles. The van der Waals surface area contributed by atoms with Gasteiger partial charge in [0.05, 0.1) is 12.1 Å². The molecule has 20 heavy (non-hydrogen) atoms. The Morgan fingerprint density at radius 3 is 2.60 bits per heavy atom. The van der Waals surface area contributed by atoms with Crippen molar-refractivity contribution in [3.05, 3.63) is 30.3 Å². The lowest BCUT2D eigenvalue weighted by atomic mass is 10.0. The zero-order valence-corrected chi connectivity index (χ0v) is 11.9. The number of aliphatic hydroxyl groups is 1. The highest BCUT2D eigenvalue weighted by Crippen LogP contribution is 2.29. The van der Waals surface area contributed by atoms with Gasteiger partial charge in [0, 0.05) is 18.8 Å². The fourth-order valence-corrected chi connectivity index (χ4v) is 3.36. The Balaban J connectivity index is 1.68. The van der Waals surface area contributed by atoms with Crippen LogP contribution in [0, 0.1) is 5.92 Å². The lowest BCUT2D eigenvalue weighted by Crippen LogP contribution is -2.41. The van der Waals surface area contributed by atoms with Crippen molar-refractivity contribution in [3.63, 3.8) is 0 Å². The minimum atomic E-state index is -0.276. The molecule has 2 aliphatic heterocycles. The van der Waals surface area contributed by atoms with E-state index in [4.69, 9.17) is 0 Å². The van der Waals surface area contributed by atoms with Gasteiger partial charge in [0.15, 0.2) is 0 Å². The number of aliphatic hydroxyl groups excluding tert-OH is 1. The third-order valence-electron chi connectivity index (χ3n) is 4.62. The molecule has 0 aromatic heterocycles. The van der Waals surface area contributed by atoms with Crippen molar-refractivity contribution in [3.8, 4) is 0 Å². The van der Waals surface area contributed by atoms with Crippen LogP contribution >= 0.6 is 0 Å². The predicted molar refractivity (Wildman–Crippen MR) is 78.6 cm³/mol. The average molecular weight is 274 g/mol. The van der Waals surface area contributed by atoms with Crippen LogP contribution in [-0.4, -0.2) is 47.7 Å². The van der Waals surface area contributed by atoms with Crippen LogP contribution in [0.2, 0.25) is 0 Å². The van der Waals surface area contributed by atoms with Gasteiger partial charge in [0.2, 0.25) is 5.91 Å². The number of hydrogen-bond donors (Lipinski definition) is 1. The van der Waals surface area contributed by atoms with Crippen molar-refractivity contribution < 1.29 is 9.90 Å². The molecule has 108 valence electrons. The number of amides is 1. The molecule has 1 amide bonds. The molecule has 0 radical (unpaired) electrons. The number of benzene rings is 1. The molecule has 2 fully saturated rings. The molecule has 4 heteroatoms. The van der Waals surface area contributed by atoms with Crippen molar-refractivity contribution in [1.29, 1.82) is 0 Å². The number of anilines is 1. The maximum Gasteiger partial charge on any atom is 0.244 e. The molecular formula is C16H22N2O2. The summed E-state index contributed by atoms with van der Waals surface area (Å²) >= 11 is 0. The fourth-order valence-electron chi connectivity index (χ4n) is 3.36.